The van der Waals surface area contributed by atoms with Crippen LogP contribution in [0.3, 0.4) is 0 Å². The van der Waals surface area contributed by atoms with Crippen LogP contribution in [0.15, 0.2) is 29.8 Å². The summed E-state index contributed by atoms with van der Waals surface area (Å²) in [6.45, 7) is 3.73. The van der Waals surface area contributed by atoms with Crippen molar-refractivity contribution in [1.29, 1.82) is 21.0 Å². The van der Waals surface area contributed by atoms with E-state index in [0.29, 0.717) is 27.8 Å². The van der Waals surface area contributed by atoms with Crippen LogP contribution in [-0.4, -0.2) is 39.8 Å². The Hall–Kier alpha value is -4.83. The van der Waals surface area contributed by atoms with Gasteiger partial charge in [0.2, 0.25) is 0 Å². The van der Waals surface area contributed by atoms with E-state index in [2.05, 4.69) is 12.1 Å². The number of thiocarbonyl (C=S) groups is 1. The van der Waals surface area contributed by atoms with Gasteiger partial charge in [-0.25, -0.2) is 4.79 Å². The molecule has 8 nitrogen and oxygen atoms in total. The summed E-state index contributed by atoms with van der Waals surface area (Å²) in [5.41, 5.74) is 2.55. The second-order valence-corrected chi connectivity index (χ2v) is 7.86. The SMILES string of the molecule is CCN1C(=O)C(=C2c3cc(C#N)cc(C#N)c3-c3c(C#N)cc(C#N)cc32)C(=S)N(CC)C1=O. The van der Waals surface area contributed by atoms with Gasteiger partial charge < -0.3 is 0 Å². The highest BCUT2D eigenvalue weighted by molar-refractivity contribution is 7.81. The van der Waals surface area contributed by atoms with Gasteiger partial charge in [-0.15, -0.1) is 0 Å². The van der Waals surface area contributed by atoms with Crippen LogP contribution in [0.25, 0.3) is 16.7 Å². The molecule has 3 amide bonds. The van der Waals surface area contributed by atoms with Crippen LogP contribution in [-0.2, 0) is 4.79 Å². The Kier molecular flexibility index (Phi) is 5.44. The molecule has 1 aliphatic carbocycles. The van der Waals surface area contributed by atoms with E-state index in [4.69, 9.17) is 12.2 Å². The predicted octanol–water partition coefficient (Wildman–Crippen LogP) is 3.59. The minimum atomic E-state index is -0.613. The first kappa shape index (κ1) is 22.4. The summed E-state index contributed by atoms with van der Waals surface area (Å²) >= 11 is 5.58. The fraction of sp³-hybridized carbons (Fsp3) is 0.160. The van der Waals surface area contributed by atoms with Gasteiger partial charge in [-0.2, -0.15) is 21.0 Å². The Bertz CT molecular complexity index is 1430. The summed E-state index contributed by atoms with van der Waals surface area (Å²) < 4.78 is 0. The lowest BCUT2D eigenvalue weighted by atomic mass is 9.93. The van der Waals surface area contributed by atoms with E-state index in [-0.39, 0.29) is 45.9 Å². The Balaban J connectivity index is 2.25. The molecule has 1 fully saturated rings. The highest BCUT2D eigenvalue weighted by Gasteiger charge is 2.43. The van der Waals surface area contributed by atoms with Crippen LogP contribution >= 0.6 is 12.2 Å². The topological polar surface area (TPSA) is 136 Å². The predicted molar refractivity (Wildman–Crippen MR) is 125 cm³/mol. The monoisotopic (exact) mass is 462 g/mol. The number of likely N-dealkylation sites (N-methyl/N-ethyl adjacent to an activating group) is 2. The summed E-state index contributed by atoms with van der Waals surface area (Å²) in [5, 5.41) is 38.8. The van der Waals surface area contributed by atoms with Gasteiger partial charge in [0.1, 0.15) is 4.99 Å². The molecule has 0 unspecified atom stereocenters. The van der Waals surface area contributed by atoms with Crippen molar-refractivity contribution in [2.75, 3.05) is 13.1 Å². The quantitative estimate of drug-likeness (QED) is 0.419. The van der Waals surface area contributed by atoms with Crippen molar-refractivity contribution in [1.82, 2.24) is 9.80 Å². The lowest BCUT2D eigenvalue weighted by Crippen LogP contribution is -2.55. The van der Waals surface area contributed by atoms with Gasteiger partial charge in [0.05, 0.1) is 52.1 Å². The standard InChI is InChI=1S/C25H14N6O2S/c1-3-30-23(32)22(24(34)31(4-2)25(30)33)21-17-7-13(9-26)5-15(11-28)19(17)20-16(12-29)6-14(10-27)8-18(20)21/h5-8H,3-4H2,1-2H3. The number of rotatable bonds is 2. The number of amides is 3. The molecule has 162 valence electrons. The van der Waals surface area contributed by atoms with Crippen LogP contribution in [0.5, 0.6) is 0 Å². The molecule has 1 saturated heterocycles. The summed E-state index contributed by atoms with van der Waals surface area (Å²) in [7, 11) is 0. The number of benzene rings is 2. The number of nitriles is 4. The molecule has 2 aromatic carbocycles. The Morgan fingerprint density at radius 3 is 1.59 bits per heavy atom. The zero-order valence-corrected chi connectivity index (χ0v) is 18.9. The van der Waals surface area contributed by atoms with E-state index in [1.807, 2.05) is 12.1 Å². The van der Waals surface area contributed by atoms with Gasteiger partial charge in [-0.1, -0.05) is 12.2 Å². The molecule has 0 saturated carbocycles. The van der Waals surface area contributed by atoms with Crippen LogP contribution in [0.1, 0.15) is 47.2 Å². The van der Waals surface area contributed by atoms with Crippen molar-refractivity contribution in [3.63, 3.8) is 0 Å². The third-order valence-electron chi connectivity index (χ3n) is 5.83. The molecule has 0 aromatic heterocycles. The minimum absolute atomic E-state index is 0.0118. The third-order valence-corrected chi connectivity index (χ3v) is 6.25. The molecule has 1 heterocycles. The first-order valence-electron chi connectivity index (χ1n) is 10.3. The van der Waals surface area contributed by atoms with E-state index in [9.17, 15) is 30.6 Å². The first-order chi connectivity index (χ1) is 16.4. The molecule has 4 rings (SSSR count). The molecule has 0 N–H and O–H groups in total. The molecule has 0 spiro atoms. The Morgan fingerprint density at radius 2 is 1.21 bits per heavy atom. The van der Waals surface area contributed by atoms with E-state index >= 15 is 0 Å². The van der Waals surface area contributed by atoms with Gasteiger partial charge in [-0.3, -0.25) is 14.6 Å². The summed E-state index contributed by atoms with van der Waals surface area (Å²) in [4.78, 5) is 28.7. The fourth-order valence-corrected chi connectivity index (χ4v) is 4.79. The second-order valence-electron chi connectivity index (χ2n) is 7.47. The number of hydrogen-bond donors (Lipinski definition) is 0. The van der Waals surface area contributed by atoms with Crippen molar-refractivity contribution in [2.24, 2.45) is 0 Å². The molecular weight excluding hydrogens is 448 g/mol. The highest BCUT2D eigenvalue weighted by Crippen LogP contribution is 2.50. The molecule has 34 heavy (non-hydrogen) atoms. The van der Waals surface area contributed by atoms with Gasteiger partial charge in [0.15, 0.2) is 0 Å². The van der Waals surface area contributed by atoms with Gasteiger partial charge >= 0.3 is 6.03 Å². The molecule has 2 aromatic rings. The summed E-state index contributed by atoms with van der Waals surface area (Å²) in [6, 6.07) is 13.5. The number of hydrogen-bond acceptors (Lipinski definition) is 7. The maximum Gasteiger partial charge on any atom is 0.332 e. The molecular formula is C25H14N6O2S. The van der Waals surface area contributed by atoms with E-state index < -0.39 is 11.9 Å². The summed E-state index contributed by atoms with van der Waals surface area (Å²) in [6.07, 6.45) is 0. The van der Waals surface area contributed by atoms with Crippen molar-refractivity contribution in [2.45, 2.75) is 13.8 Å². The van der Waals surface area contributed by atoms with E-state index in [0.717, 1.165) is 4.90 Å². The maximum atomic E-state index is 13.5. The molecule has 0 radical (unpaired) electrons. The number of fused-ring (bicyclic) bond motifs is 3. The third kappa shape index (κ3) is 2.97. The number of nitrogens with zero attached hydrogens (tertiary/aromatic N) is 6. The maximum absolute atomic E-state index is 13.5. The number of imide groups is 1. The first-order valence-corrected chi connectivity index (χ1v) is 10.7. The normalized spacial score (nSPS) is 14.2. The highest BCUT2D eigenvalue weighted by atomic mass is 32.1. The van der Waals surface area contributed by atoms with Crippen molar-refractivity contribution >= 4 is 34.7 Å². The van der Waals surface area contributed by atoms with E-state index in [1.54, 1.807) is 13.8 Å². The van der Waals surface area contributed by atoms with Gasteiger partial charge in [0, 0.05) is 29.8 Å². The molecule has 0 atom stereocenters. The number of carbonyl (C=O) groups is 2. The van der Waals surface area contributed by atoms with Crippen LogP contribution in [0, 0.1) is 45.3 Å². The smallest absolute Gasteiger partial charge is 0.284 e. The second kappa shape index (κ2) is 8.26. The van der Waals surface area contributed by atoms with Crippen LogP contribution in [0.4, 0.5) is 4.79 Å². The Morgan fingerprint density at radius 1 is 0.735 bits per heavy atom. The zero-order valence-electron chi connectivity index (χ0n) is 18.1. The summed E-state index contributed by atoms with van der Waals surface area (Å²) in [5.74, 6) is -0.613. The average molecular weight is 462 g/mol. The van der Waals surface area contributed by atoms with Crippen molar-refractivity contribution in [3.8, 4) is 35.4 Å². The largest absolute Gasteiger partial charge is 0.332 e. The lowest BCUT2D eigenvalue weighted by molar-refractivity contribution is -0.124. The Labute approximate surface area is 200 Å². The minimum Gasteiger partial charge on any atom is -0.284 e. The van der Waals surface area contributed by atoms with Gasteiger partial charge in [0.25, 0.3) is 5.91 Å². The van der Waals surface area contributed by atoms with Crippen LogP contribution < -0.4 is 0 Å². The number of carbonyl (C=O) groups excluding carboxylic acids is 2. The lowest BCUT2D eigenvalue weighted by Gasteiger charge is -2.35. The number of urea groups is 1. The van der Waals surface area contributed by atoms with E-state index in [1.165, 1.54) is 29.2 Å². The average Bonchev–Trinajstić information content (AvgIpc) is 3.17. The van der Waals surface area contributed by atoms with Crippen LogP contribution in [0.2, 0.25) is 0 Å². The fourth-order valence-electron chi connectivity index (χ4n) is 4.39. The molecule has 0 bridgehead atoms. The van der Waals surface area contributed by atoms with Crippen molar-refractivity contribution < 1.29 is 9.59 Å². The molecule has 9 heteroatoms. The molecule has 1 aliphatic heterocycles. The van der Waals surface area contributed by atoms with Crippen molar-refractivity contribution in [3.05, 3.63) is 63.2 Å². The zero-order chi connectivity index (χ0) is 24.7. The van der Waals surface area contributed by atoms with Gasteiger partial charge in [-0.05, 0) is 49.2 Å². The molecule has 2 aliphatic rings.